The number of hydrogen-bond acceptors (Lipinski definition) is 3. The van der Waals surface area contributed by atoms with Gasteiger partial charge in [0.2, 0.25) is 5.91 Å². The summed E-state index contributed by atoms with van der Waals surface area (Å²) < 4.78 is 27.2. The van der Waals surface area contributed by atoms with Crippen LogP contribution >= 0.6 is 11.8 Å². The third-order valence-electron chi connectivity index (χ3n) is 3.55. The first-order valence-electron chi connectivity index (χ1n) is 7.13. The fraction of sp³-hybridized carbons (Fsp3) is 0.533. The lowest BCUT2D eigenvalue weighted by Gasteiger charge is -2.22. The lowest BCUT2D eigenvalue weighted by atomic mass is 10.1. The summed E-state index contributed by atoms with van der Waals surface area (Å²) in [6, 6.07) is 3.04. The van der Waals surface area contributed by atoms with Crippen molar-refractivity contribution in [3.63, 3.8) is 0 Å². The molecule has 2 rings (SSSR count). The van der Waals surface area contributed by atoms with Crippen molar-refractivity contribution in [1.29, 1.82) is 0 Å². The van der Waals surface area contributed by atoms with E-state index in [1.54, 1.807) is 18.7 Å². The number of hydrogen-bond donors (Lipinski definition) is 2. The highest BCUT2D eigenvalue weighted by atomic mass is 32.2. The second-order valence-electron chi connectivity index (χ2n) is 5.18. The maximum absolute atomic E-state index is 13.6. The monoisotopic (exact) mass is 314 g/mol. The minimum atomic E-state index is -0.674. The standard InChI is InChI=1S/C15H20F2N2OS/c1-10(15-12(16)3-2-4-13(15)17)19-14(20)9-21-11-5-7-18-8-6-11/h2-4,10-11,18H,5-9H2,1H3,(H,19,20). The molecule has 1 saturated heterocycles. The maximum Gasteiger partial charge on any atom is 0.230 e. The van der Waals surface area contributed by atoms with Crippen LogP contribution in [0.25, 0.3) is 0 Å². The van der Waals surface area contributed by atoms with E-state index in [0.29, 0.717) is 11.0 Å². The van der Waals surface area contributed by atoms with E-state index in [2.05, 4.69) is 10.6 Å². The number of benzene rings is 1. The van der Waals surface area contributed by atoms with Gasteiger partial charge in [-0.3, -0.25) is 4.79 Å². The van der Waals surface area contributed by atoms with E-state index >= 15 is 0 Å². The van der Waals surface area contributed by atoms with Crippen LogP contribution in [-0.4, -0.2) is 30.0 Å². The molecule has 116 valence electrons. The van der Waals surface area contributed by atoms with Gasteiger partial charge in [0, 0.05) is 10.8 Å². The van der Waals surface area contributed by atoms with Gasteiger partial charge in [0.25, 0.3) is 0 Å². The molecule has 1 unspecified atom stereocenters. The number of amides is 1. The molecule has 1 atom stereocenters. The van der Waals surface area contributed by atoms with Crippen molar-refractivity contribution >= 4 is 17.7 Å². The van der Waals surface area contributed by atoms with Gasteiger partial charge in [-0.25, -0.2) is 8.78 Å². The summed E-state index contributed by atoms with van der Waals surface area (Å²) >= 11 is 1.61. The zero-order chi connectivity index (χ0) is 15.2. The Balaban J connectivity index is 1.84. The molecule has 2 N–H and O–H groups in total. The number of halogens is 2. The molecule has 1 aliphatic rings. The zero-order valence-electron chi connectivity index (χ0n) is 12.0. The maximum atomic E-state index is 13.6. The van der Waals surface area contributed by atoms with Crippen LogP contribution in [0.1, 0.15) is 31.4 Å². The quantitative estimate of drug-likeness (QED) is 0.878. The first kappa shape index (κ1) is 16.2. The lowest BCUT2D eigenvalue weighted by Crippen LogP contribution is -2.32. The minimum absolute atomic E-state index is 0.0854. The van der Waals surface area contributed by atoms with Crippen LogP contribution in [0.4, 0.5) is 8.78 Å². The van der Waals surface area contributed by atoms with Gasteiger partial charge in [-0.1, -0.05) is 6.07 Å². The van der Waals surface area contributed by atoms with Crippen LogP contribution < -0.4 is 10.6 Å². The number of rotatable bonds is 5. The Labute approximate surface area is 127 Å². The number of piperidine rings is 1. The molecular weight excluding hydrogens is 294 g/mol. The van der Waals surface area contributed by atoms with E-state index in [0.717, 1.165) is 25.9 Å². The van der Waals surface area contributed by atoms with E-state index in [-0.39, 0.29) is 11.5 Å². The lowest BCUT2D eigenvalue weighted by molar-refractivity contribution is -0.119. The van der Waals surface area contributed by atoms with E-state index in [1.165, 1.54) is 18.2 Å². The van der Waals surface area contributed by atoms with Crippen LogP contribution in [0.2, 0.25) is 0 Å². The van der Waals surface area contributed by atoms with Crippen LogP contribution in [0.15, 0.2) is 18.2 Å². The van der Waals surface area contributed by atoms with E-state index in [9.17, 15) is 13.6 Å². The van der Waals surface area contributed by atoms with Crippen molar-refractivity contribution in [2.45, 2.75) is 31.1 Å². The summed E-state index contributed by atoms with van der Waals surface area (Å²) in [6.45, 7) is 3.56. The molecule has 1 aromatic carbocycles. The van der Waals surface area contributed by atoms with Gasteiger partial charge in [-0.05, 0) is 45.0 Å². The molecule has 0 spiro atoms. The SMILES string of the molecule is CC(NC(=O)CSC1CCNCC1)c1c(F)cccc1F. The highest BCUT2D eigenvalue weighted by molar-refractivity contribution is 8.00. The van der Waals surface area contributed by atoms with Crippen molar-refractivity contribution in [3.05, 3.63) is 35.4 Å². The van der Waals surface area contributed by atoms with Crippen LogP contribution in [0.3, 0.4) is 0 Å². The van der Waals surface area contributed by atoms with Crippen LogP contribution in [-0.2, 0) is 4.79 Å². The molecule has 1 heterocycles. The normalized spacial score (nSPS) is 17.5. The average molecular weight is 314 g/mol. The second kappa shape index (κ2) is 7.75. The van der Waals surface area contributed by atoms with Gasteiger partial charge < -0.3 is 10.6 Å². The summed E-state index contributed by atoms with van der Waals surface area (Å²) in [5, 5.41) is 6.42. The second-order valence-corrected chi connectivity index (χ2v) is 6.47. The Morgan fingerprint density at radius 2 is 2.00 bits per heavy atom. The number of thioether (sulfide) groups is 1. The van der Waals surface area contributed by atoms with Crippen molar-refractivity contribution in [2.24, 2.45) is 0 Å². The zero-order valence-corrected chi connectivity index (χ0v) is 12.8. The summed E-state index contributed by atoms with van der Waals surface area (Å²) in [4.78, 5) is 11.9. The molecule has 0 radical (unpaired) electrons. The van der Waals surface area contributed by atoms with E-state index in [1.807, 2.05) is 0 Å². The Hall–Kier alpha value is -1.14. The van der Waals surface area contributed by atoms with Gasteiger partial charge in [-0.2, -0.15) is 0 Å². The van der Waals surface area contributed by atoms with Crippen molar-refractivity contribution in [1.82, 2.24) is 10.6 Å². The third kappa shape index (κ3) is 4.68. The van der Waals surface area contributed by atoms with Gasteiger partial charge >= 0.3 is 0 Å². The van der Waals surface area contributed by atoms with Gasteiger partial charge in [-0.15, -0.1) is 11.8 Å². The highest BCUT2D eigenvalue weighted by Gasteiger charge is 2.19. The molecule has 21 heavy (non-hydrogen) atoms. The third-order valence-corrected chi connectivity index (χ3v) is 4.92. The first-order chi connectivity index (χ1) is 10.1. The highest BCUT2D eigenvalue weighted by Crippen LogP contribution is 2.22. The Kier molecular flexibility index (Phi) is 5.99. The summed E-state index contributed by atoms with van der Waals surface area (Å²) in [7, 11) is 0. The fourth-order valence-electron chi connectivity index (χ4n) is 2.44. The fourth-order valence-corrected chi connectivity index (χ4v) is 3.47. The molecule has 1 aliphatic heterocycles. The summed E-state index contributed by atoms with van der Waals surface area (Å²) in [5.74, 6) is -1.12. The van der Waals surface area contributed by atoms with Crippen molar-refractivity contribution in [3.8, 4) is 0 Å². The van der Waals surface area contributed by atoms with E-state index < -0.39 is 17.7 Å². The first-order valence-corrected chi connectivity index (χ1v) is 8.18. The Morgan fingerprint density at radius 1 is 1.38 bits per heavy atom. The molecule has 0 aromatic heterocycles. The van der Waals surface area contributed by atoms with Crippen LogP contribution in [0.5, 0.6) is 0 Å². The topological polar surface area (TPSA) is 41.1 Å². The van der Waals surface area contributed by atoms with Crippen LogP contribution in [0, 0.1) is 11.6 Å². The van der Waals surface area contributed by atoms with Crippen molar-refractivity contribution < 1.29 is 13.6 Å². The predicted octanol–water partition coefficient (Wildman–Crippen LogP) is 2.63. The van der Waals surface area contributed by atoms with Gasteiger partial charge in [0.1, 0.15) is 11.6 Å². The average Bonchev–Trinajstić information content (AvgIpc) is 2.46. The van der Waals surface area contributed by atoms with E-state index in [4.69, 9.17) is 0 Å². The van der Waals surface area contributed by atoms with Gasteiger partial charge in [0.15, 0.2) is 0 Å². The minimum Gasteiger partial charge on any atom is -0.349 e. The molecule has 0 bridgehead atoms. The summed E-state index contributed by atoms with van der Waals surface area (Å²) in [6.07, 6.45) is 2.10. The molecule has 0 aliphatic carbocycles. The number of carbonyl (C=O) groups excluding carboxylic acids is 1. The molecule has 0 saturated carbocycles. The predicted molar refractivity (Wildman–Crippen MR) is 81.3 cm³/mol. The Bertz CT molecular complexity index is 472. The Morgan fingerprint density at radius 3 is 2.62 bits per heavy atom. The number of nitrogens with one attached hydrogen (secondary N) is 2. The molecule has 1 amide bonds. The van der Waals surface area contributed by atoms with Gasteiger partial charge in [0.05, 0.1) is 11.8 Å². The molecule has 1 aromatic rings. The largest absolute Gasteiger partial charge is 0.349 e. The summed E-state index contributed by atoms with van der Waals surface area (Å²) in [5.41, 5.74) is -0.0854. The molecule has 6 heteroatoms. The molecule has 3 nitrogen and oxygen atoms in total. The molecular formula is C15H20F2N2OS. The molecule has 1 fully saturated rings. The van der Waals surface area contributed by atoms with Crippen molar-refractivity contribution in [2.75, 3.05) is 18.8 Å². The number of carbonyl (C=O) groups is 1. The smallest absolute Gasteiger partial charge is 0.230 e.